The first-order valence-electron chi connectivity index (χ1n) is 19.2. The number of allylic oxidation sites excluding steroid dienone is 4. The number of phenols is 2. The fourth-order valence-corrected chi connectivity index (χ4v) is 7.51. The number of piperazine rings is 1. The van der Waals surface area contributed by atoms with Crippen LogP contribution in [0.3, 0.4) is 0 Å². The van der Waals surface area contributed by atoms with Crippen LogP contribution in [0.1, 0.15) is 119 Å². The highest BCUT2D eigenvalue weighted by Crippen LogP contribution is 2.35. The molecule has 2 aromatic carbocycles. The van der Waals surface area contributed by atoms with Gasteiger partial charge in [-0.1, -0.05) is 24.3 Å². The van der Waals surface area contributed by atoms with Gasteiger partial charge in [-0.2, -0.15) is 0 Å². The van der Waals surface area contributed by atoms with Crippen LogP contribution in [0.4, 0.5) is 0 Å². The number of phenolic OH excluding ortho intramolecular Hbond substituents is 2. The van der Waals surface area contributed by atoms with Crippen LogP contribution in [-0.2, 0) is 9.59 Å². The standard InChI is InChI=1S/C42H52N4O8/c1-27-29(41(53)37-31(39(27)51)13-7-15-33(37)47)11-3-5-17-35(49)43-19-9-21-45-23-25-46(26-24-45)22-10-20-44-36(50)18-6-4-12-30-28(2)40(52)32-14-8-16-34(48)38(32)42(30)54/h7-8,13-16,47-48H,3-6,9-12,17-26H2,1-2H3,(H,43,49)(H,44,50). The number of nitrogens with one attached hydrogen (secondary N) is 2. The second kappa shape index (κ2) is 18.9. The fourth-order valence-electron chi connectivity index (χ4n) is 7.51. The van der Waals surface area contributed by atoms with Crippen molar-refractivity contribution in [3.63, 3.8) is 0 Å². The topological polar surface area (TPSA) is 173 Å². The lowest BCUT2D eigenvalue weighted by molar-refractivity contribution is -0.122. The van der Waals surface area contributed by atoms with E-state index in [0.29, 0.717) is 86.7 Å². The quantitative estimate of drug-likeness (QED) is 0.153. The molecule has 0 spiro atoms. The number of nitrogens with zero attached hydrogens (tertiary/aromatic N) is 2. The molecule has 54 heavy (non-hydrogen) atoms. The van der Waals surface area contributed by atoms with E-state index in [4.69, 9.17) is 0 Å². The van der Waals surface area contributed by atoms with Gasteiger partial charge in [-0.25, -0.2) is 0 Å². The number of rotatable bonds is 18. The first-order chi connectivity index (χ1) is 26.0. The summed E-state index contributed by atoms with van der Waals surface area (Å²) in [6.45, 7) is 10.1. The van der Waals surface area contributed by atoms with Crippen LogP contribution in [0.25, 0.3) is 0 Å². The lowest BCUT2D eigenvalue weighted by Gasteiger charge is -2.34. The van der Waals surface area contributed by atoms with Gasteiger partial charge >= 0.3 is 0 Å². The van der Waals surface area contributed by atoms with E-state index in [-0.39, 0.29) is 68.7 Å². The maximum Gasteiger partial charge on any atom is 0.219 e. The Morgan fingerprint density at radius 1 is 0.574 bits per heavy atom. The van der Waals surface area contributed by atoms with Crippen molar-refractivity contribution in [3.05, 3.63) is 80.9 Å². The second-order valence-corrected chi connectivity index (χ2v) is 14.4. The Bertz CT molecular complexity index is 1720. The highest BCUT2D eigenvalue weighted by molar-refractivity contribution is 6.28. The van der Waals surface area contributed by atoms with E-state index in [1.165, 1.54) is 12.1 Å². The number of carbonyl (C=O) groups excluding carboxylic acids is 6. The summed E-state index contributed by atoms with van der Waals surface area (Å²) in [7, 11) is 0. The van der Waals surface area contributed by atoms with Gasteiger partial charge in [0.15, 0.2) is 23.1 Å². The van der Waals surface area contributed by atoms with Crippen molar-refractivity contribution in [1.29, 1.82) is 0 Å². The number of unbranched alkanes of at least 4 members (excludes halogenated alkanes) is 2. The van der Waals surface area contributed by atoms with Crippen molar-refractivity contribution in [2.24, 2.45) is 0 Å². The number of aromatic hydroxyl groups is 2. The van der Waals surface area contributed by atoms with Gasteiger partial charge in [-0.15, -0.1) is 0 Å². The van der Waals surface area contributed by atoms with Gasteiger partial charge < -0.3 is 30.6 Å². The first-order valence-corrected chi connectivity index (χ1v) is 19.2. The largest absolute Gasteiger partial charge is 0.507 e. The maximum atomic E-state index is 13.0. The van der Waals surface area contributed by atoms with E-state index in [2.05, 4.69) is 20.4 Å². The Labute approximate surface area is 316 Å². The van der Waals surface area contributed by atoms with Gasteiger partial charge in [0, 0.05) is 85.5 Å². The minimum Gasteiger partial charge on any atom is -0.507 e. The van der Waals surface area contributed by atoms with Gasteiger partial charge in [-0.05, 0) is 90.4 Å². The summed E-state index contributed by atoms with van der Waals surface area (Å²) in [5.74, 6) is -1.51. The van der Waals surface area contributed by atoms with Crippen molar-refractivity contribution in [1.82, 2.24) is 20.4 Å². The van der Waals surface area contributed by atoms with E-state index >= 15 is 0 Å². The van der Waals surface area contributed by atoms with Crippen molar-refractivity contribution in [2.45, 2.75) is 78.1 Å². The zero-order valence-corrected chi connectivity index (χ0v) is 31.4. The molecule has 0 unspecified atom stereocenters. The van der Waals surface area contributed by atoms with Crippen molar-refractivity contribution < 1.29 is 39.0 Å². The number of benzene rings is 2. The first kappa shape index (κ1) is 40.2. The van der Waals surface area contributed by atoms with Crippen LogP contribution in [-0.4, -0.2) is 107 Å². The maximum absolute atomic E-state index is 13.0. The van der Waals surface area contributed by atoms with Crippen molar-refractivity contribution in [3.8, 4) is 11.5 Å². The smallest absolute Gasteiger partial charge is 0.219 e. The summed E-state index contributed by atoms with van der Waals surface area (Å²) in [5, 5.41) is 26.3. The molecule has 1 saturated heterocycles. The van der Waals surface area contributed by atoms with Crippen molar-refractivity contribution in [2.75, 3.05) is 52.4 Å². The lowest BCUT2D eigenvalue weighted by Crippen LogP contribution is -2.47. The van der Waals surface area contributed by atoms with Gasteiger partial charge in [0.05, 0.1) is 11.1 Å². The van der Waals surface area contributed by atoms with Crippen LogP contribution in [0, 0.1) is 0 Å². The number of fused-ring (bicyclic) bond motifs is 2. The van der Waals surface area contributed by atoms with E-state index < -0.39 is 0 Å². The molecular formula is C42H52N4O8. The third-order valence-corrected chi connectivity index (χ3v) is 10.7. The molecule has 1 aliphatic heterocycles. The Hall–Kier alpha value is -4.94. The third-order valence-electron chi connectivity index (χ3n) is 10.7. The number of hydrogen-bond donors (Lipinski definition) is 4. The highest BCUT2D eigenvalue weighted by Gasteiger charge is 2.33. The van der Waals surface area contributed by atoms with E-state index in [1.807, 2.05) is 0 Å². The van der Waals surface area contributed by atoms with Gasteiger partial charge in [-0.3, -0.25) is 28.8 Å². The van der Waals surface area contributed by atoms with Crippen LogP contribution < -0.4 is 10.6 Å². The Balaban J connectivity index is 0.863. The molecule has 1 heterocycles. The summed E-state index contributed by atoms with van der Waals surface area (Å²) >= 11 is 0. The molecule has 12 nitrogen and oxygen atoms in total. The molecule has 0 saturated carbocycles. The average Bonchev–Trinajstić information content (AvgIpc) is 3.16. The molecule has 0 atom stereocenters. The molecule has 0 radical (unpaired) electrons. The summed E-state index contributed by atoms with van der Waals surface area (Å²) < 4.78 is 0. The second-order valence-electron chi connectivity index (χ2n) is 14.4. The molecule has 2 aromatic rings. The molecule has 5 rings (SSSR count). The summed E-state index contributed by atoms with van der Waals surface area (Å²) in [5.41, 5.74) is 2.28. The molecular weight excluding hydrogens is 688 g/mol. The van der Waals surface area contributed by atoms with E-state index in [0.717, 1.165) is 52.1 Å². The summed E-state index contributed by atoms with van der Waals surface area (Å²) in [6.07, 6.45) is 5.56. The Morgan fingerprint density at radius 3 is 1.35 bits per heavy atom. The lowest BCUT2D eigenvalue weighted by atomic mass is 9.82. The molecule has 4 N–H and O–H groups in total. The highest BCUT2D eigenvalue weighted by atomic mass is 16.3. The molecule has 288 valence electrons. The fraction of sp³-hybridized carbons (Fsp3) is 0.476. The molecule has 0 bridgehead atoms. The number of Topliss-reactive ketones (excluding diaryl/α,β-unsaturated/α-hetero) is 4. The number of carbonyl (C=O) groups is 6. The molecule has 12 heteroatoms. The van der Waals surface area contributed by atoms with E-state index in [1.54, 1.807) is 38.1 Å². The minimum absolute atomic E-state index is 0.0265. The number of ketones is 4. The molecule has 2 amide bonds. The van der Waals surface area contributed by atoms with E-state index in [9.17, 15) is 39.0 Å². The molecule has 0 aromatic heterocycles. The Kier molecular flexibility index (Phi) is 14.1. The predicted octanol–water partition coefficient (Wildman–Crippen LogP) is 4.94. The third kappa shape index (κ3) is 9.78. The van der Waals surface area contributed by atoms with Gasteiger partial charge in [0.25, 0.3) is 0 Å². The monoisotopic (exact) mass is 740 g/mol. The molecule has 1 fully saturated rings. The zero-order chi connectivity index (χ0) is 38.8. The van der Waals surface area contributed by atoms with Crippen LogP contribution in [0.2, 0.25) is 0 Å². The van der Waals surface area contributed by atoms with Crippen LogP contribution >= 0.6 is 0 Å². The van der Waals surface area contributed by atoms with Crippen LogP contribution in [0.15, 0.2) is 58.7 Å². The Morgan fingerprint density at radius 2 is 0.963 bits per heavy atom. The normalized spacial score (nSPS) is 16.5. The zero-order valence-electron chi connectivity index (χ0n) is 31.4. The number of amides is 2. The van der Waals surface area contributed by atoms with Crippen LogP contribution in [0.5, 0.6) is 11.5 Å². The van der Waals surface area contributed by atoms with Gasteiger partial charge in [0.1, 0.15) is 11.5 Å². The van der Waals surface area contributed by atoms with Gasteiger partial charge in [0.2, 0.25) is 11.8 Å². The minimum atomic E-state index is -0.310. The molecule has 2 aliphatic carbocycles. The average molecular weight is 741 g/mol. The summed E-state index contributed by atoms with van der Waals surface area (Å²) in [4.78, 5) is 80.9. The SMILES string of the molecule is CC1=C(CCCCC(=O)NCCCN2CCN(CCCNC(=O)CCCCC3=C(C)C(=O)c4cccc(O)c4C3=O)CC2)C(=O)c2c(O)cccc2C1=O. The summed E-state index contributed by atoms with van der Waals surface area (Å²) in [6, 6.07) is 9.06. The molecule has 3 aliphatic rings. The van der Waals surface area contributed by atoms with Crippen molar-refractivity contribution >= 4 is 34.9 Å². The predicted molar refractivity (Wildman–Crippen MR) is 204 cm³/mol. The number of hydrogen-bond acceptors (Lipinski definition) is 10.